The molecular weight excluding hydrogens is 172 g/mol. The average molecular weight is 176 g/mol. The van der Waals surface area contributed by atoms with E-state index < -0.39 is 17.4 Å². The Morgan fingerprint density at radius 1 is 1.23 bits per heavy atom. The van der Waals surface area contributed by atoms with Gasteiger partial charge in [0, 0.05) is 12.4 Å². The van der Waals surface area contributed by atoms with Gasteiger partial charge >= 0.3 is 0 Å². The molecule has 1 aliphatic rings. The molecule has 0 unspecified atom stereocenters. The molecule has 1 aromatic rings. The van der Waals surface area contributed by atoms with Crippen molar-refractivity contribution in [2.24, 2.45) is 0 Å². The summed E-state index contributed by atoms with van der Waals surface area (Å²) in [6.45, 7) is 0. The van der Waals surface area contributed by atoms with Crippen LogP contribution in [0.4, 0.5) is 5.82 Å². The van der Waals surface area contributed by atoms with Crippen molar-refractivity contribution in [2.45, 2.75) is 0 Å². The van der Waals surface area contributed by atoms with Crippen LogP contribution in [0.3, 0.4) is 0 Å². The van der Waals surface area contributed by atoms with Crippen LogP contribution in [0.5, 0.6) is 0 Å². The molecule has 0 aromatic carbocycles. The normalized spacial score (nSPS) is 15.2. The van der Waals surface area contributed by atoms with E-state index in [1.807, 2.05) is 0 Å². The van der Waals surface area contributed by atoms with Gasteiger partial charge in [-0.3, -0.25) is 15.0 Å². The lowest BCUT2D eigenvalue weighted by Crippen LogP contribution is -2.36. The highest BCUT2D eigenvalue weighted by Crippen LogP contribution is 2.13. The van der Waals surface area contributed by atoms with E-state index in [1.165, 1.54) is 12.4 Å². The number of carbonyl (C=O) groups excluding carboxylic acids is 2. The van der Waals surface area contributed by atoms with Crippen molar-refractivity contribution in [3.8, 4) is 0 Å². The van der Waals surface area contributed by atoms with E-state index in [9.17, 15) is 9.59 Å². The summed E-state index contributed by atoms with van der Waals surface area (Å²) in [5.74, 6) is -1.55. The molecule has 64 valence electrons. The van der Waals surface area contributed by atoms with Crippen molar-refractivity contribution >= 4 is 23.2 Å². The van der Waals surface area contributed by atoms with Crippen molar-refractivity contribution in [3.63, 3.8) is 0 Å². The number of aromatic nitrogens is 2. The highest BCUT2D eigenvalue weighted by atomic mass is 16.2. The van der Waals surface area contributed by atoms with Crippen molar-refractivity contribution in [2.75, 3.05) is 5.32 Å². The number of anilines is 1. The Kier molecular flexibility index (Phi) is 1.42. The Morgan fingerprint density at radius 2 is 1.92 bits per heavy atom. The number of ketones is 1. The van der Waals surface area contributed by atoms with Gasteiger partial charge in [0.15, 0.2) is 5.82 Å². The number of carbonyl (C=O) groups is 2. The van der Waals surface area contributed by atoms with Gasteiger partial charge in [0.2, 0.25) is 0 Å². The Balaban J connectivity index is 2.62. The SMILES string of the molecule is N=C1C(=O)C(=O)Nc2nccnc21. The average Bonchev–Trinajstić information content (AvgIpc) is 2.15. The molecule has 2 heterocycles. The maximum absolute atomic E-state index is 11.0. The molecular formula is C7H4N4O2. The van der Waals surface area contributed by atoms with Gasteiger partial charge in [0.1, 0.15) is 11.4 Å². The molecule has 1 aromatic heterocycles. The lowest BCUT2D eigenvalue weighted by Gasteiger charge is -2.12. The first-order valence-electron chi connectivity index (χ1n) is 3.46. The largest absolute Gasteiger partial charge is 0.302 e. The summed E-state index contributed by atoms with van der Waals surface area (Å²) in [4.78, 5) is 29.4. The zero-order valence-corrected chi connectivity index (χ0v) is 6.37. The van der Waals surface area contributed by atoms with Gasteiger partial charge < -0.3 is 5.32 Å². The number of hydrogen-bond donors (Lipinski definition) is 2. The van der Waals surface area contributed by atoms with Crippen molar-refractivity contribution in [1.29, 1.82) is 5.41 Å². The van der Waals surface area contributed by atoms with Crippen LogP contribution in [0.15, 0.2) is 12.4 Å². The highest BCUT2D eigenvalue weighted by Gasteiger charge is 2.30. The third kappa shape index (κ3) is 0.994. The predicted molar refractivity (Wildman–Crippen MR) is 42.5 cm³/mol. The molecule has 0 atom stereocenters. The summed E-state index contributed by atoms with van der Waals surface area (Å²) < 4.78 is 0. The quantitative estimate of drug-likeness (QED) is 0.514. The first-order chi connectivity index (χ1) is 6.20. The lowest BCUT2D eigenvalue weighted by molar-refractivity contribution is -0.131. The number of amides is 1. The molecule has 0 saturated carbocycles. The zero-order valence-electron chi connectivity index (χ0n) is 6.37. The summed E-state index contributed by atoms with van der Waals surface area (Å²) in [7, 11) is 0. The molecule has 0 fully saturated rings. The summed E-state index contributed by atoms with van der Waals surface area (Å²) in [6, 6.07) is 0. The summed E-state index contributed by atoms with van der Waals surface area (Å²) in [6.07, 6.45) is 2.74. The molecule has 0 spiro atoms. The smallest absolute Gasteiger partial charge is 0.299 e. The number of fused-ring (bicyclic) bond motifs is 1. The summed E-state index contributed by atoms with van der Waals surface area (Å²) in [5, 5.41) is 9.53. The van der Waals surface area contributed by atoms with E-state index in [4.69, 9.17) is 5.41 Å². The minimum Gasteiger partial charge on any atom is -0.302 e. The Labute approximate surface area is 72.5 Å². The maximum Gasteiger partial charge on any atom is 0.299 e. The van der Waals surface area contributed by atoms with Crippen LogP contribution < -0.4 is 5.32 Å². The second kappa shape index (κ2) is 2.44. The number of rotatable bonds is 0. The maximum atomic E-state index is 11.0. The molecule has 1 aliphatic heterocycles. The highest BCUT2D eigenvalue weighted by molar-refractivity contribution is 6.71. The van der Waals surface area contributed by atoms with Gasteiger partial charge in [-0.15, -0.1) is 0 Å². The standard InChI is InChI=1S/C7H4N4O2/c8-3-4-6(10-2-1-9-4)11-7(13)5(3)12/h1-2,8H,(H,10,11,13). The zero-order chi connectivity index (χ0) is 9.42. The molecule has 1 amide bonds. The van der Waals surface area contributed by atoms with Crippen molar-refractivity contribution in [3.05, 3.63) is 18.1 Å². The second-order valence-corrected chi connectivity index (χ2v) is 2.41. The van der Waals surface area contributed by atoms with Gasteiger partial charge in [-0.1, -0.05) is 0 Å². The predicted octanol–water partition coefficient (Wildman–Crippen LogP) is -0.634. The third-order valence-corrected chi connectivity index (χ3v) is 1.60. The van der Waals surface area contributed by atoms with Crippen LogP contribution in [0.1, 0.15) is 5.69 Å². The van der Waals surface area contributed by atoms with Crippen LogP contribution in [-0.4, -0.2) is 27.4 Å². The van der Waals surface area contributed by atoms with E-state index in [-0.39, 0.29) is 11.5 Å². The van der Waals surface area contributed by atoms with Crippen LogP contribution in [0.2, 0.25) is 0 Å². The van der Waals surface area contributed by atoms with Gasteiger partial charge in [0.25, 0.3) is 11.7 Å². The fourth-order valence-corrected chi connectivity index (χ4v) is 0.998. The van der Waals surface area contributed by atoms with Crippen LogP contribution in [0.25, 0.3) is 0 Å². The van der Waals surface area contributed by atoms with E-state index >= 15 is 0 Å². The first kappa shape index (κ1) is 7.53. The minimum atomic E-state index is -0.881. The molecule has 6 nitrogen and oxygen atoms in total. The number of nitrogens with zero attached hydrogens (tertiary/aromatic N) is 2. The third-order valence-electron chi connectivity index (χ3n) is 1.60. The van der Waals surface area contributed by atoms with E-state index in [0.717, 1.165) is 0 Å². The second-order valence-electron chi connectivity index (χ2n) is 2.41. The Morgan fingerprint density at radius 3 is 2.69 bits per heavy atom. The fourth-order valence-electron chi connectivity index (χ4n) is 0.998. The topological polar surface area (TPSA) is 95.8 Å². The van der Waals surface area contributed by atoms with Gasteiger partial charge in [-0.25, -0.2) is 9.97 Å². The van der Waals surface area contributed by atoms with Crippen LogP contribution in [0, 0.1) is 5.41 Å². The van der Waals surface area contributed by atoms with E-state index in [2.05, 4.69) is 15.3 Å². The first-order valence-corrected chi connectivity index (χ1v) is 3.46. The van der Waals surface area contributed by atoms with Crippen molar-refractivity contribution < 1.29 is 9.59 Å². The fraction of sp³-hybridized carbons (Fsp3) is 0. The molecule has 2 rings (SSSR count). The summed E-state index contributed by atoms with van der Waals surface area (Å²) in [5.41, 5.74) is -0.293. The monoisotopic (exact) mass is 176 g/mol. The molecule has 0 saturated heterocycles. The Hall–Kier alpha value is -2.11. The van der Waals surface area contributed by atoms with Crippen molar-refractivity contribution in [1.82, 2.24) is 9.97 Å². The summed E-state index contributed by atoms with van der Waals surface area (Å²) >= 11 is 0. The number of hydrogen-bond acceptors (Lipinski definition) is 5. The van der Waals surface area contributed by atoms with Crippen LogP contribution in [-0.2, 0) is 9.59 Å². The van der Waals surface area contributed by atoms with Crippen LogP contribution >= 0.6 is 0 Å². The molecule has 0 bridgehead atoms. The lowest BCUT2D eigenvalue weighted by atomic mass is 10.1. The van der Waals surface area contributed by atoms with E-state index in [0.29, 0.717) is 0 Å². The molecule has 0 radical (unpaired) electrons. The number of Topliss-reactive ketones (excluding diaryl/α,β-unsaturated/α-hetero) is 1. The Bertz CT molecular complexity index is 426. The molecule has 13 heavy (non-hydrogen) atoms. The van der Waals surface area contributed by atoms with Gasteiger partial charge in [-0.05, 0) is 0 Å². The molecule has 6 heteroatoms. The minimum absolute atomic E-state index is 0.118. The molecule has 0 aliphatic carbocycles. The molecule has 2 N–H and O–H groups in total. The number of nitrogens with one attached hydrogen (secondary N) is 2. The van der Waals surface area contributed by atoms with Gasteiger partial charge in [-0.2, -0.15) is 0 Å². The van der Waals surface area contributed by atoms with E-state index in [1.54, 1.807) is 0 Å². The van der Waals surface area contributed by atoms with Gasteiger partial charge in [0.05, 0.1) is 0 Å².